The second-order valence-corrected chi connectivity index (χ2v) is 16.2. The van der Waals surface area contributed by atoms with Crippen LogP contribution in [0.15, 0.2) is 72.8 Å². The Hall–Kier alpha value is -6.04. The lowest BCUT2D eigenvalue weighted by Gasteiger charge is -2.22. The van der Waals surface area contributed by atoms with E-state index in [1.165, 1.54) is 0 Å². The molecule has 1 aliphatic rings. The third-order valence-corrected chi connectivity index (χ3v) is 10.9. The molecular weight excluding hydrogens is 811 g/mol. The molecule has 0 aromatic heterocycles. The van der Waals surface area contributed by atoms with Crippen molar-refractivity contribution < 1.29 is 42.9 Å². The summed E-state index contributed by atoms with van der Waals surface area (Å²) in [6.07, 6.45) is 8.49. The van der Waals surface area contributed by atoms with Crippen LogP contribution in [0.4, 0.5) is 0 Å². The Morgan fingerprint density at radius 1 is 0.406 bits per heavy atom. The highest BCUT2D eigenvalue weighted by Crippen LogP contribution is 2.39. The zero-order valence-corrected chi connectivity index (χ0v) is 38.2. The van der Waals surface area contributed by atoms with E-state index in [1.807, 2.05) is 79.7 Å². The zero-order chi connectivity index (χ0) is 45.5. The molecule has 8 bridgehead atoms. The fourth-order valence-electron chi connectivity index (χ4n) is 7.51. The van der Waals surface area contributed by atoms with Crippen molar-refractivity contribution in [3.63, 3.8) is 0 Å². The minimum atomic E-state index is -0.464. The monoisotopic (exact) mass is 877 g/mol. The number of esters is 1. The van der Waals surface area contributed by atoms with Gasteiger partial charge in [-0.2, -0.15) is 0 Å². The van der Waals surface area contributed by atoms with Crippen LogP contribution in [0.1, 0.15) is 124 Å². The van der Waals surface area contributed by atoms with Crippen LogP contribution in [0.5, 0.6) is 23.0 Å². The number of fused-ring (bicyclic) bond motifs is 8. The van der Waals surface area contributed by atoms with E-state index in [4.69, 9.17) is 23.7 Å². The molecule has 12 heteroatoms. The molecule has 12 nitrogen and oxygen atoms in total. The number of hydrogen-bond acceptors (Lipinski definition) is 9. The smallest absolute Gasteiger partial charge is 0.344 e. The molecule has 344 valence electrons. The second-order valence-electron chi connectivity index (χ2n) is 16.2. The number of para-hydroxylation sites is 4. The summed E-state index contributed by atoms with van der Waals surface area (Å²) < 4.78 is 31.4. The topological polar surface area (TPSA) is 151 Å². The number of hydrogen-bond donors (Lipinski definition) is 3. The minimum Gasteiger partial charge on any atom is -0.483 e. The number of ether oxygens (including phenoxy) is 5. The van der Waals surface area contributed by atoms with Crippen molar-refractivity contribution in [2.45, 2.75) is 105 Å². The Kier molecular flexibility index (Phi) is 20.3. The lowest BCUT2D eigenvalue weighted by Crippen LogP contribution is -2.30. The van der Waals surface area contributed by atoms with Crippen LogP contribution in [-0.4, -0.2) is 76.4 Å². The van der Waals surface area contributed by atoms with Gasteiger partial charge < -0.3 is 39.6 Å². The predicted molar refractivity (Wildman–Crippen MR) is 249 cm³/mol. The van der Waals surface area contributed by atoms with E-state index in [9.17, 15) is 19.2 Å². The van der Waals surface area contributed by atoms with Gasteiger partial charge in [-0.25, -0.2) is 4.79 Å². The molecule has 0 unspecified atom stereocenters. The molecule has 0 heterocycles. The Labute approximate surface area is 379 Å². The van der Waals surface area contributed by atoms with Gasteiger partial charge in [-0.3, -0.25) is 14.4 Å². The van der Waals surface area contributed by atoms with E-state index >= 15 is 0 Å². The summed E-state index contributed by atoms with van der Waals surface area (Å²) >= 11 is 0. The van der Waals surface area contributed by atoms with E-state index < -0.39 is 5.97 Å². The van der Waals surface area contributed by atoms with Gasteiger partial charge in [-0.05, 0) is 70.2 Å². The normalized spacial score (nSPS) is 11.8. The summed E-state index contributed by atoms with van der Waals surface area (Å²) in [5.41, 5.74) is 6.50. The predicted octanol–water partition coefficient (Wildman–Crippen LogP) is 7.97. The summed E-state index contributed by atoms with van der Waals surface area (Å²) in [7, 11) is 0. The van der Waals surface area contributed by atoms with Crippen molar-refractivity contribution in [1.29, 1.82) is 0 Å². The van der Waals surface area contributed by atoms with Gasteiger partial charge in [0.05, 0.1) is 6.61 Å². The molecule has 0 aliphatic heterocycles. The van der Waals surface area contributed by atoms with E-state index in [0.717, 1.165) is 95.9 Å². The average molecular weight is 878 g/mol. The maximum absolute atomic E-state index is 13.1. The number of carbonyl (C=O) groups is 4. The number of amides is 3. The lowest BCUT2D eigenvalue weighted by molar-refractivity contribution is -0.146. The van der Waals surface area contributed by atoms with Crippen molar-refractivity contribution in [2.75, 3.05) is 52.7 Å². The van der Waals surface area contributed by atoms with Crippen molar-refractivity contribution in [3.8, 4) is 23.0 Å². The molecule has 4 aromatic carbocycles. The Morgan fingerprint density at radius 2 is 0.672 bits per heavy atom. The first-order valence-electron chi connectivity index (χ1n) is 23.1. The fraction of sp³-hybridized carbons (Fsp3) is 0.462. The number of benzene rings is 4. The highest BCUT2D eigenvalue weighted by atomic mass is 16.6. The van der Waals surface area contributed by atoms with E-state index in [-0.39, 0.29) is 44.1 Å². The van der Waals surface area contributed by atoms with Crippen LogP contribution in [0.2, 0.25) is 0 Å². The summed E-state index contributed by atoms with van der Waals surface area (Å²) in [4.78, 5) is 52.3. The summed E-state index contributed by atoms with van der Waals surface area (Å²) in [6, 6.07) is 23.7. The van der Waals surface area contributed by atoms with E-state index in [1.54, 1.807) is 0 Å². The molecule has 0 saturated carbocycles. The van der Waals surface area contributed by atoms with Gasteiger partial charge in [0.2, 0.25) is 0 Å². The van der Waals surface area contributed by atoms with Crippen LogP contribution in [0.25, 0.3) is 0 Å². The number of rotatable bonds is 24. The SMILES string of the molecule is CCCCNC(=O)COc1c2cccc1Cc1cccc(c1OCC(=O)NCCCC)Cc1cccc(c1OCC(=O)OCCCC)Cc1cccc(c1OCC(=O)NCCCC)C2. The third kappa shape index (κ3) is 15.1. The van der Waals surface area contributed by atoms with Gasteiger partial charge in [-0.15, -0.1) is 0 Å². The number of nitrogens with one attached hydrogen (secondary N) is 3. The largest absolute Gasteiger partial charge is 0.483 e. The molecule has 64 heavy (non-hydrogen) atoms. The zero-order valence-electron chi connectivity index (χ0n) is 38.2. The first-order valence-corrected chi connectivity index (χ1v) is 23.1. The van der Waals surface area contributed by atoms with Gasteiger partial charge in [0.25, 0.3) is 17.7 Å². The van der Waals surface area contributed by atoms with Crippen LogP contribution in [0, 0.1) is 0 Å². The third-order valence-electron chi connectivity index (χ3n) is 10.9. The molecule has 1 aliphatic carbocycles. The van der Waals surface area contributed by atoms with Gasteiger partial charge in [0.1, 0.15) is 23.0 Å². The van der Waals surface area contributed by atoms with Gasteiger partial charge in [0, 0.05) is 45.3 Å². The molecule has 0 radical (unpaired) electrons. The Morgan fingerprint density at radius 3 is 0.938 bits per heavy atom. The van der Waals surface area contributed by atoms with Crippen molar-refractivity contribution in [3.05, 3.63) is 117 Å². The van der Waals surface area contributed by atoms with Gasteiger partial charge in [0.15, 0.2) is 26.4 Å². The Balaban J connectivity index is 1.65. The highest BCUT2D eigenvalue weighted by Gasteiger charge is 2.23. The number of unbranched alkanes of at least 4 members (excludes halogenated alkanes) is 4. The fourth-order valence-corrected chi connectivity index (χ4v) is 7.51. The van der Waals surface area contributed by atoms with Crippen LogP contribution >= 0.6 is 0 Å². The molecule has 3 amide bonds. The standard InChI is InChI=1S/C52H67N3O9/c1-5-9-25-53-45(56)33-61-49-37-17-13-18-38(49)30-40-20-15-22-42(51(40)63-35-47(58)55-27-11-7-3)32-44-24-16-23-43(52(44)64-36-48(59)60-28-12-8-4)31-41-21-14-19-39(29-37)50(41)62-34-46(57)54-26-10-6-2/h13-24H,5-12,25-36H2,1-4H3,(H,53,56)(H,54,57)(H,55,58). The highest BCUT2D eigenvalue weighted by molar-refractivity contribution is 5.78. The number of carbonyl (C=O) groups excluding carboxylic acids is 4. The molecule has 3 N–H and O–H groups in total. The van der Waals surface area contributed by atoms with Crippen molar-refractivity contribution in [1.82, 2.24) is 16.0 Å². The summed E-state index contributed by atoms with van der Waals surface area (Å²) in [6.45, 7) is 9.40. The molecule has 5 rings (SSSR count). The van der Waals surface area contributed by atoms with Crippen LogP contribution < -0.4 is 34.9 Å². The molecule has 4 aromatic rings. The van der Waals surface area contributed by atoms with Crippen LogP contribution in [-0.2, 0) is 49.6 Å². The second kappa shape index (κ2) is 26.6. The minimum absolute atomic E-state index is 0.181. The average Bonchev–Trinajstić information content (AvgIpc) is 3.28. The van der Waals surface area contributed by atoms with Crippen molar-refractivity contribution in [2.24, 2.45) is 0 Å². The van der Waals surface area contributed by atoms with E-state index in [2.05, 4.69) is 36.7 Å². The maximum atomic E-state index is 13.1. The maximum Gasteiger partial charge on any atom is 0.344 e. The van der Waals surface area contributed by atoms with Gasteiger partial charge >= 0.3 is 5.97 Å². The Bertz CT molecular complexity index is 1770. The first-order chi connectivity index (χ1) is 31.2. The molecule has 0 spiro atoms. The molecule has 0 fully saturated rings. The summed E-state index contributed by atoms with van der Waals surface area (Å²) in [5, 5.41) is 8.88. The van der Waals surface area contributed by atoms with Gasteiger partial charge in [-0.1, -0.05) is 126 Å². The summed E-state index contributed by atoms with van der Waals surface area (Å²) in [5.74, 6) is 1.09. The van der Waals surface area contributed by atoms with Crippen molar-refractivity contribution >= 4 is 23.7 Å². The first kappa shape index (κ1) is 49.0. The quantitative estimate of drug-likeness (QED) is 0.0415. The van der Waals surface area contributed by atoms with E-state index in [0.29, 0.717) is 74.9 Å². The molecular formula is C52H67N3O9. The molecule has 0 saturated heterocycles. The lowest BCUT2D eigenvalue weighted by atomic mass is 9.91. The van der Waals surface area contributed by atoms with Crippen LogP contribution in [0.3, 0.4) is 0 Å². The molecule has 0 atom stereocenters.